The number of anilines is 1. The van der Waals surface area contributed by atoms with Crippen molar-refractivity contribution in [1.29, 1.82) is 0 Å². The average molecular weight is 326 g/mol. The van der Waals surface area contributed by atoms with Crippen molar-refractivity contribution in [3.63, 3.8) is 0 Å². The first-order valence-electron chi connectivity index (χ1n) is 8.77. The number of aliphatic hydroxyl groups excluding tert-OH is 1. The van der Waals surface area contributed by atoms with Gasteiger partial charge in [0, 0.05) is 19.6 Å². The van der Waals surface area contributed by atoms with E-state index in [0.29, 0.717) is 5.92 Å². The zero-order valence-electron chi connectivity index (χ0n) is 14.1. The van der Waals surface area contributed by atoms with Crippen LogP contribution in [0.25, 0.3) is 0 Å². The van der Waals surface area contributed by atoms with Gasteiger partial charge in [-0.25, -0.2) is 0 Å². The number of piperidine rings is 1. The van der Waals surface area contributed by atoms with Gasteiger partial charge in [0.1, 0.15) is 5.82 Å². The van der Waals surface area contributed by atoms with Crippen molar-refractivity contribution < 1.29 is 5.11 Å². The molecule has 1 atom stereocenters. The van der Waals surface area contributed by atoms with Crippen molar-refractivity contribution in [2.75, 3.05) is 31.6 Å². The second kappa shape index (κ2) is 8.76. The zero-order chi connectivity index (χ0) is 16.6. The number of β-amino-alcohol motifs (C(OH)–C–C–N with tert-alkyl or cyclic N) is 1. The molecule has 5 heteroatoms. The van der Waals surface area contributed by atoms with Gasteiger partial charge in [-0.05, 0) is 49.4 Å². The Balaban J connectivity index is 1.49. The van der Waals surface area contributed by atoms with Crippen LogP contribution in [0.4, 0.5) is 5.82 Å². The minimum Gasteiger partial charge on any atom is -0.395 e. The first-order valence-corrected chi connectivity index (χ1v) is 8.77. The molecule has 0 bridgehead atoms. The van der Waals surface area contributed by atoms with E-state index in [-0.39, 0.29) is 6.61 Å². The van der Waals surface area contributed by atoms with Crippen molar-refractivity contribution in [3.8, 4) is 0 Å². The highest BCUT2D eigenvalue weighted by molar-refractivity contribution is 5.34. The third kappa shape index (κ3) is 5.01. The second-order valence-electron chi connectivity index (χ2n) is 6.49. The number of rotatable bonds is 7. The molecule has 0 spiro atoms. The van der Waals surface area contributed by atoms with Crippen molar-refractivity contribution >= 4 is 5.82 Å². The number of hydrogen-bond donors (Lipinski definition) is 2. The van der Waals surface area contributed by atoms with E-state index < -0.39 is 0 Å². The molecule has 1 saturated heterocycles. The number of likely N-dealkylation sites (tertiary alicyclic amines) is 1. The van der Waals surface area contributed by atoms with Gasteiger partial charge in [-0.2, -0.15) is 5.10 Å². The summed E-state index contributed by atoms with van der Waals surface area (Å²) in [4.78, 5) is 2.34. The van der Waals surface area contributed by atoms with E-state index in [0.717, 1.165) is 44.1 Å². The Morgan fingerprint density at radius 3 is 2.75 bits per heavy atom. The fourth-order valence-electron chi connectivity index (χ4n) is 3.31. The summed E-state index contributed by atoms with van der Waals surface area (Å²) in [5.41, 5.74) is 2.28. The summed E-state index contributed by atoms with van der Waals surface area (Å²) in [5, 5.41) is 21.1. The average Bonchev–Trinajstić information content (AvgIpc) is 2.63. The largest absolute Gasteiger partial charge is 0.395 e. The lowest BCUT2D eigenvalue weighted by atomic mass is 9.93. The molecule has 1 fully saturated rings. The Hall–Kier alpha value is -1.98. The van der Waals surface area contributed by atoms with E-state index in [1.54, 1.807) is 0 Å². The lowest BCUT2D eigenvalue weighted by Crippen LogP contribution is -2.38. The van der Waals surface area contributed by atoms with Crippen LogP contribution in [0.1, 0.15) is 24.1 Å². The summed E-state index contributed by atoms with van der Waals surface area (Å²) < 4.78 is 0. The van der Waals surface area contributed by atoms with Gasteiger partial charge in [-0.15, -0.1) is 5.10 Å². The smallest absolute Gasteiger partial charge is 0.148 e. The molecule has 1 aliphatic rings. The lowest BCUT2D eigenvalue weighted by molar-refractivity contribution is 0.139. The van der Waals surface area contributed by atoms with Crippen LogP contribution in [-0.4, -0.2) is 46.4 Å². The summed E-state index contributed by atoms with van der Waals surface area (Å²) in [6.45, 7) is 3.94. The SMILES string of the molecule is OCCN1CCCC(Cc2ccc(NCc3ccccc3)nn2)C1. The first kappa shape index (κ1) is 16.9. The minimum atomic E-state index is 0.244. The third-order valence-corrected chi connectivity index (χ3v) is 4.55. The van der Waals surface area contributed by atoms with Gasteiger partial charge in [-0.3, -0.25) is 0 Å². The first-order chi connectivity index (χ1) is 11.8. The van der Waals surface area contributed by atoms with Crippen molar-refractivity contribution in [1.82, 2.24) is 15.1 Å². The van der Waals surface area contributed by atoms with Gasteiger partial charge in [0.15, 0.2) is 0 Å². The van der Waals surface area contributed by atoms with Crippen molar-refractivity contribution in [2.45, 2.75) is 25.8 Å². The standard InChI is InChI=1S/C19H26N4O/c24-12-11-23-10-4-7-17(15-23)13-18-8-9-19(22-21-18)20-14-16-5-2-1-3-6-16/h1-3,5-6,8-9,17,24H,4,7,10-15H2,(H,20,22). The molecule has 1 aromatic carbocycles. The molecular weight excluding hydrogens is 300 g/mol. The van der Waals surface area contributed by atoms with Crippen LogP contribution in [0.2, 0.25) is 0 Å². The molecule has 2 N–H and O–H groups in total. The van der Waals surface area contributed by atoms with Crippen LogP contribution in [0.3, 0.4) is 0 Å². The minimum absolute atomic E-state index is 0.244. The summed E-state index contributed by atoms with van der Waals surface area (Å²) in [6, 6.07) is 14.4. The Morgan fingerprint density at radius 2 is 2.00 bits per heavy atom. The topological polar surface area (TPSA) is 61.3 Å². The fourth-order valence-corrected chi connectivity index (χ4v) is 3.31. The number of hydrogen-bond acceptors (Lipinski definition) is 5. The molecule has 1 aromatic heterocycles. The zero-order valence-corrected chi connectivity index (χ0v) is 14.1. The molecule has 0 saturated carbocycles. The van der Waals surface area contributed by atoms with Gasteiger partial charge < -0.3 is 15.3 Å². The molecule has 1 unspecified atom stereocenters. The highest BCUT2D eigenvalue weighted by Gasteiger charge is 2.20. The van der Waals surface area contributed by atoms with E-state index in [1.165, 1.54) is 18.4 Å². The van der Waals surface area contributed by atoms with E-state index >= 15 is 0 Å². The number of aliphatic hydroxyl groups is 1. The Bertz CT molecular complexity index is 601. The van der Waals surface area contributed by atoms with Gasteiger partial charge >= 0.3 is 0 Å². The number of nitrogens with one attached hydrogen (secondary N) is 1. The maximum absolute atomic E-state index is 9.09. The maximum Gasteiger partial charge on any atom is 0.148 e. The molecule has 128 valence electrons. The predicted molar refractivity (Wildman–Crippen MR) is 95.8 cm³/mol. The van der Waals surface area contributed by atoms with Crippen molar-refractivity contribution in [3.05, 3.63) is 53.7 Å². The van der Waals surface area contributed by atoms with Gasteiger partial charge in [-0.1, -0.05) is 30.3 Å². The maximum atomic E-state index is 9.09. The molecule has 0 amide bonds. The van der Waals surface area contributed by atoms with E-state index in [2.05, 4.69) is 38.6 Å². The van der Waals surface area contributed by atoms with E-state index in [4.69, 9.17) is 5.11 Å². The highest BCUT2D eigenvalue weighted by Crippen LogP contribution is 2.20. The summed E-state index contributed by atoms with van der Waals surface area (Å²) in [6.07, 6.45) is 3.40. The van der Waals surface area contributed by atoms with Crippen molar-refractivity contribution in [2.24, 2.45) is 5.92 Å². The lowest BCUT2D eigenvalue weighted by Gasteiger charge is -2.32. The summed E-state index contributed by atoms with van der Waals surface area (Å²) in [5.74, 6) is 1.43. The van der Waals surface area contributed by atoms with E-state index in [9.17, 15) is 0 Å². The molecule has 0 aliphatic carbocycles. The number of benzene rings is 1. The number of nitrogens with zero attached hydrogens (tertiary/aromatic N) is 3. The third-order valence-electron chi connectivity index (χ3n) is 4.55. The summed E-state index contributed by atoms with van der Waals surface area (Å²) >= 11 is 0. The van der Waals surface area contributed by atoms with Crippen LogP contribution in [0, 0.1) is 5.92 Å². The van der Waals surface area contributed by atoms with Gasteiger partial charge in [0.25, 0.3) is 0 Å². The van der Waals surface area contributed by atoms with Crippen LogP contribution in [0.5, 0.6) is 0 Å². The molecule has 2 aromatic rings. The molecule has 0 radical (unpaired) electrons. The molecule has 5 nitrogen and oxygen atoms in total. The summed E-state index contributed by atoms with van der Waals surface area (Å²) in [7, 11) is 0. The predicted octanol–water partition coefficient (Wildman–Crippen LogP) is 2.34. The highest BCUT2D eigenvalue weighted by atomic mass is 16.3. The van der Waals surface area contributed by atoms with E-state index in [1.807, 2.05) is 24.3 Å². The monoisotopic (exact) mass is 326 g/mol. The van der Waals surface area contributed by atoms with Crippen LogP contribution in [-0.2, 0) is 13.0 Å². The van der Waals surface area contributed by atoms with Crippen LogP contribution in [0.15, 0.2) is 42.5 Å². The molecule has 1 aliphatic heterocycles. The molecular formula is C19H26N4O. The quantitative estimate of drug-likeness (QED) is 0.818. The Morgan fingerprint density at radius 1 is 1.12 bits per heavy atom. The molecule has 2 heterocycles. The Kier molecular flexibility index (Phi) is 6.15. The number of aromatic nitrogens is 2. The van der Waals surface area contributed by atoms with Gasteiger partial charge in [0.2, 0.25) is 0 Å². The molecule has 24 heavy (non-hydrogen) atoms. The molecule has 3 rings (SSSR count). The van der Waals surface area contributed by atoms with Crippen LogP contribution < -0.4 is 5.32 Å². The normalized spacial score (nSPS) is 18.5. The fraction of sp³-hybridized carbons (Fsp3) is 0.474. The second-order valence-corrected chi connectivity index (χ2v) is 6.49. The Labute approximate surface area is 143 Å². The van der Waals surface area contributed by atoms with Crippen LogP contribution >= 0.6 is 0 Å². The van der Waals surface area contributed by atoms with Gasteiger partial charge in [0.05, 0.1) is 12.3 Å².